The molecule has 212 valence electrons. The highest BCUT2D eigenvalue weighted by Gasteiger charge is 2.31. The molecule has 8 heteroatoms. The van der Waals surface area contributed by atoms with Gasteiger partial charge in [0.2, 0.25) is 11.8 Å². The first-order valence-electron chi connectivity index (χ1n) is 13.9. The SMILES string of the molecule is CC(C)(C)OC(=O)NCC1CCC(C(=O)N(CCc2ccccc2)c2cc(-c3ccc(C(N)=O)cc3)cs2)CC1. The minimum Gasteiger partial charge on any atom is -0.444 e. The van der Waals surface area contributed by atoms with E-state index in [4.69, 9.17) is 10.5 Å². The molecular weight excluding hydrogens is 522 g/mol. The van der Waals surface area contributed by atoms with Crippen molar-refractivity contribution in [2.45, 2.75) is 58.5 Å². The number of anilines is 1. The minimum absolute atomic E-state index is 0.0473. The van der Waals surface area contributed by atoms with Crippen LogP contribution in [0.4, 0.5) is 9.80 Å². The van der Waals surface area contributed by atoms with Crippen LogP contribution in [0.2, 0.25) is 0 Å². The van der Waals surface area contributed by atoms with Crippen LogP contribution in [0.5, 0.6) is 0 Å². The van der Waals surface area contributed by atoms with Crippen LogP contribution < -0.4 is 16.0 Å². The molecule has 4 rings (SSSR count). The number of thiophene rings is 1. The molecule has 0 radical (unpaired) electrons. The standard InChI is InChI=1S/C32H39N3O4S/c1-32(2,3)39-31(38)34-20-23-9-11-26(12-10-23)30(37)35(18-17-22-7-5-4-6-8-22)28-19-27(21-40-28)24-13-15-25(16-14-24)29(33)36/h4-8,13-16,19,21,23,26H,9-12,17-18,20H2,1-3H3,(H2,33,36)(H,34,38). The maximum Gasteiger partial charge on any atom is 0.407 e. The van der Waals surface area contributed by atoms with Gasteiger partial charge >= 0.3 is 6.09 Å². The summed E-state index contributed by atoms with van der Waals surface area (Å²) in [5.41, 5.74) is 8.50. The molecule has 0 spiro atoms. The van der Waals surface area contributed by atoms with Crippen molar-refractivity contribution in [2.75, 3.05) is 18.0 Å². The van der Waals surface area contributed by atoms with E-state index in [1.54, 1.807) is 23.5 Å². The molecule has 2 aromatic carbocycles. The fourth-order valence-electron chi connectivity index (χ4n) is 5.04. The Labute approximate surface area is 240 Å². The third-order valence-electron chi connectivity index (χ3n) is 7.22. The van der Waals surface area contributed by atoms with Crippen molar-refractivity contribution in [3.8, 4) is 11.1 Å². The summed E-state index contributed by atoms with van der Waals surface area (Å²) in [6, 6.07) is 19.5. The average Bonchev–Trinajstić information content (AvgIpc) is 3.42. The van der Waals surface area contributed by atoms with Crippen molar-refractivity contribution in [3.05, 3.63) is 77.2 Å². The van der Waals surface area contributed by atoms with Crippen LogP contribution in [-0.4, -0.2) is 36.6 Å². The summed E-state index contributed by atoms with van der Waals surface area (Å²) >= 11 is 1.56. The minimum atomic E-state index is -0.522. The molecule has 3 aromatic rings. The highest BCUT2D eigenvalue weighted by Crippen LogP contribution is 2.36. The second-order valence-corrected chi connectivity index (χ2v) is 12.3. The maximum absolute atomic E-state index is 13.9. The topological polar surface area (TPSA) is 102 Å². The Balaban J connectivity index is 1.42. The highest BCUT2D eigenvalue weighted by molar-refractivity contribution is 7.14. The number of rotatable bonds is 9. The van der Waals surface area contributed by atoms with Crippen LogP contribution in [-0.2, 0) is 16.0 Å². The Bertz CT molecular complexity index is 1290. The molecule has 0 aliphatic heterocycles. The van der Waals surface area contributed by atoms with Crippen molar-refractivity contribution in [2.24, 2.45) is 17.6 Å². The van der Waals surface area contributed by atoms with Crippen molar-refractivity contribution in [1.82, 2.24) is 5.32 Å². The summed E-state index contributed by atoms with van der Waals surface area (Å²) in [6.07, 6.45) is 3.75. The zero-order valence-corrected chi connectivity index (χ0v) is 24.3. The van der Waals surface area contributed by atoms with E-state index < -0.39 is 17.6 Å². The quantitative estimate of drug-likeness (QED) is 0.315. The maximum atomic E-state index is 13.9. The Morgan fingerprint density at radius 2 is 1.65 bits per heavy atom. The largest absolute Gasteiger partial charge is 0.444 e. The van der Waals surface area contributed by atoms with Gasteiger partial charge in [-0.15, -0.1) is 11.3 Å². The molecule has 1 aliphatic carbocycles. The van der Waals surface area contributed by atoms with Crippen molar-refractivity contribution < 1.29 is 19.1 Å². The molecule has 0 unspecified atom stereocenters. The van der Waals surface area contributed by atoms with Gasteiger partial charge in [0.25, 0.3) is 0 Å². The first kappa shape index (κ1) is 29.3. The van der Waals surface area contributed by atoms with Crippen LogP contribution in [0, 0.1) is 11.8 Å². The van der Waals surface area contributed by atoms with Gasteiger partial charge in [-0.1, -0.05) is 42.5 Å². The Morgan fingerprint density at radius 1 is 0.975 bits per heavy atom. The number of hydrogen-bond acceptors (Lipinski definition) is 5. The normalized spacial score (nSPS) is 17.2. The fourth-order valence-corrected chi connectivity index (χ4v) is 5.99. The molecule has 0 saturated heterocycles. The predicted molar refractivity (Wildman–Crippen MR) is 160 cm³/mol. The zero-order valence-electron chi connectivity index (χ0n) is 23.5. The number of nitrogens with two attached hydrogens (primary N) is 1. The number of nitrogens with zero attached hydrogens (tertiary/aromatic N) is 1. The van der Waals surface area contributed by atoms with Gasteiger partial charge in [0.05, 0.1) is 5.00 Å². The van der Waals surface area contributed by atoms with Gasteiger partial charge in [0.1, 0.15) is 5.60 Å². The van der Waals surface area contributed by atoms with Gasteiger partial charge < -0.3 is 20.7 Å². The number of nitrogens with one attached hydrogen (secondary N) is 1. The van der Waals surface area contributed by atoms with E-state index in [1.165, 1.54) is 5.56 Å². The number of primary amides is 1. The van der Waals surface area contributed by atoms with Gasteiger partial charge in [-0.25, -0.2) is 4.79 Å². The first-order chi connectivity index (χ1) is 19.1. The summed E-state index contributed by atoms with van der Waals surface area (Å²) in [5, 5.41) is 5.86. The first-order valence-corrected chi connectivity index (χ1v) is 14.8. The summed E-state index contributed by atoms with van der Waals surface area (Å²) < 4.78 is 5.35. The van der Waals surface area contributed by atoms with E-state index in [0.29, 0.717) is 24.6 Å². The van der Waals surface area contributed by atoms with Gasteiger partial charge in [-0.2, -0.15) is 0 Å². The van der Waals surface area contributed by atoms with Crippen LogP contribution in [0.15, 0.2) is 66.0 Å². The number of carbonyl (C=O) groups excluding carboxylic acids is 3. The molecule has 40 heavy (non-hydrogen) atoms. The lowest BCUT2D eigenvalue weighted by Gasteiger charge is -2.32. The fraction of sp³-hybridized carbons (Fsp3) is 0.406. The molecule has 3 N–H and O–H groups in total. The van der Waals surface area contributed by atoms with Crippen LogP contribution in [0.25, 0.3) is 11.1 Å². The van der Waals surface area contributed by atoms with Crippen molar-refractivity contribution in [1.29, 1.82) is 0 Å². The second kappa shape index (κ2) is 13.1. The Kier molecular flexibility index (Phi) is 9.63. The molecule has 1 aromatic heterocycles. The Hall–Kier alpha value is -3.65. The number of alkyl carbamates (subject to hydrolysis) is 1. The molecule has 1 fully saturated rings. The average molecular weight is 562 g/mol. The summed E-state index contributed by atoms with van der Waals surface area (Å²) in [5.74, 6) is -0.00227. The molecule has 0 atom stereocenters. The van der Waals surface area contributed by atoms with Gasteiger partial charge in [-0.05, 0) is 93.7 Å². The monoisotopic (exact) mass is 561 g/mol. The van der Waals surface area contributed by atoms with Crippen LogP contribution in [0.3, 0.4) is 0 Å². The van der Waals surface area contributed by atoms with Gasteiger partial charge in [-0.3, -0.25) is 9.59 Å². The predicted octanol–water partition coefficient (Wildman–Crippen LogP) is 6.42. The number of hydrogen-bond donors (Lipinski definition) is 2. The van der Waals surface area contributed by atoms with E-state index in [0.717, 1.165) is 48.2 Å². The molecule has 1 aliphatic rings. The van der Waals surface area contributed by atoms with E-state index in [9.17, 15) is 14.4 Å². The van der Waals surface area contributed by atoms with E-state index >= 15 is 0 Å². The molecule has 7 nitrogen and oxygen atoms in total. The van der Waals surface area contributed by atoms with Gasteiger partial charge in [0, 0.05) is 30.0 Å². The summed E-state index contributed by atoms with van der Waals surface area (Å²) in [4.78, 5) is 39.3. The zero-order chi connectivity index (χ0) is 28.7. The summed E-state index contributed by atoms with van der Waals surface area (Å²) in [7, 11) is 0. The number of amides is 3. The van der Waals surface area contributed by atoms with E-state index in [2.05, 4.69) is 28.9 Å². The Morgan fingerprint density at radius 3 is 2.27 bits per heavy atom. The molecule has 1 heterocycles. The smallest absolute Gasteiger partial charge is 0.407 e. The third-order valence-corrected chi connectivity index (χ3v) is 8.17. The van der Waals surface area contributed by atoms with Gasteiger partial charge in [0.15, 0.2) is 0 Å². The highest BCUT2D eigenvalue weighted by atomic mass is 32.1. The third kappa shape index (κ3) is 8.18. The molecule has 3 amide bonds. The molecule has 0 bridgehead atoms. The molecule has 1 saturated carbocycles. The van der Waals surface area contributed by atoms with Crippen LogP contribution >= 0.6 is 11.3 Å². The van der Waals surface area contributed by atoms with E-state index in [-0.39, 0.29) is 11.8 Å². The lowest BCUT2D eigenvalue weighted by molar-refractivity contribution is -0.123. The number of benzene rings is 2. The molecular formula is C32H39N3O4S. The second-order valence-electron chi connectivity index (χ2n) is 11.4. The van der Waals surface area contributed by atoms with E-state index in [1.807, 2.05) is 56.0 Å². The van der Waals surface area contributed by atoms with Crippen LogP contribution in [0.1, 0.15) is 62.4 Å². The van der Waals surface area contributed by atoms with Crippen molar-refractivity contribution >= 4 is 34.2 Å². The lowest BCUT2D eigenvalue weighted by Crippen LogP contribution is -2.40. The van der Waals surface area contributed by atoms with Crippen molar-refractivity contribution in [3.63, 3.8) is 0 Å². The number of ether oxygens (including phenoxy) is 1. The number of carbonyl (C=O) groups is 3. The lowest BCUT2D eigenvalue weighted by atomic mass is 9.81. The summed E-state index contributed by atoms with van der Waals surface area (Å²) in [6.45, 7) is 6.72.